The monoisotopic (exact) mass is 976 g/mol. The van der Waals surface area contributed by atoms with Crippen LogP contribution in [0.15, 0.2) is 203 Å². The first-order chi connectivity index (χ1) is 33.8. The first kappa shape index (κ1) is 56.1. The number of hydrogen-bond donors (Lipinski definition) is 1. The molecule has 0 unspecified atom stereocenters. The predicted octanol–water partition coefficient (Wildman–Crippen LogP) is 6.61. The van der Waals surface area contributed by atoms with E-state index in [1.165, 1.54) is 12.0 Å². The van der Waals surface area contributed by atoms with Gasteiger partial charge in [-0.25, -0.2) is 19.6 Å². The number of oxazole rings is 2. The van der Waals surface area contributed by atoms with Crippen LogP contribution in [0.4, 0.5) is 0 Å². The number of amides is 2. The van der Waals surface area contributed by atoms with Crippen molar-refractivity contribution < 1.29 is 67.7 Å². The van der Waals surface area contributed by atoms with Crippen LogP contribution < -0.4 is 18.9 Å². The minimum absolute atomic E-state index is 0. The maximum Gasteiger partial charge on any atom is 1.00 e. The molecule has 2 aliphatic rings. The molecule has 370 valence electrons. The molecule has 8 aromatic rings. The van der Waals surface area contributed by atoms with Gasteiger partial charge < -0.3 is 39.4 Å². The molecule has 6 aromatic carbocycles. The number of nitrogens with zero attached hydrogens (tertiary/aromatic N) is 4. The van der Waals surface area contributed by atoms with E-state index in [-0.39, 0.29) is 73.9 Å². The van der Waals surface area contributed by atoms with Gasteiger partial charge in [0.15, 0.2) is 23.3 Å². The zero-order valence-electron chi connectivity index (χ0n) is 39.8. The number of carboxylic acids is 1. The molecular weight excluding hydrogens is 920 g/mol. The van der Waals surface area contributed by atoms with E-state index in [1.807, 2.05) is 182 Å². The van der Waals surface area contributed by atoms with Crippen LogP contribution in [0, 0.1) is 0 Å². The fourth-order valence-electron chi connectivity index (χ4n) is 9.40. The van der Waals surface area contributed by atoms with Gasteiger partial charge in [-0.1, -0.05) is 189 Å². The van der Waals surface area contributed by atoms with Crippen molar-refractivity contribution in [2.75, 3.05) is 20.2 Å². The molecule has 0 saturated carbocycles. The number of rotatable bonds is 12. The zero-order chi connectivity index (χ0) is 47.7. The number of esters is 1. The molecule has 4 atom stereocenters. The molecule has 4 N–H and O–H groups in total. The van der Waals surface area contributed by atoms with Gasteiger partial charge >= 0.3 is 30.8 Å². The first-order valence-corrected chi connectivity index (χ1v) is 22.9. The number of carbonyl (C=O) groups excluding carboxylic acids is 3. The van der Waals surface area contributed by atoms with Gasteiger partial charge in [0.05, 0.1) is 43.2 Å². The molecule has 15 heteroatoms. The van der Waals surface area contributed by atoms with Crippen molar-refractivity contribution in [3.8, 4) is 22.6 Å². The second-order valence-corrected chi connectivity index (χ2v) is 17.1. The van der Waals surface area contributed by atoms with Crippen molar-refractivity contribution in [1.82, 2.24) is 19.8 Å². The maximum absolute atomic E-state index is 14.0. The summed E-state index contributed by atoms with van der Waals surface area (Å²) in [6, 6.07) is 55.9. The summed E-state index contributed by atoms with van der Waals surface area (Å²) in [5.41, 5.74) is 5.23. The molecule has 4 heterocycles. The summed E-state index contributed by atoms with van der Waals surface area (Å²) in [6.45, 7) is 0.560. The fourth-order valence-corrected chi connectivity index (χ4v) is 9.40. The number of carbonyl (C=O) groups is 4. The molecular formula is C58H57LiN4O10. The molecule has 14 nitrogen and oxygen atoms in total. The van der Waals surface area contributed by atoms with Gasteiger partial charge in [-0.05, 0) is 35.1 Å². The molecule has 0 spiro atoms. The standard InChI is InChI=1S/C29H26N2O4.C28H24N2O4.CH4.Li.2H2O/c1-34-29(33)24-17-23(27-30-18-25(35-27)20-11-5-2-6-12-20)19-31(24)28(32)26(21-13-7-3-8-14-21)22-15-9-4-10-16-22;31-27(25(20-12-6-2-7-13-20)21-14-8-3-9-15-21)30-18-22(16-23(30)28(32)33)26-29-17-24(34-26)19-10-4-1-5-11-19;;;;/h2-16,18,23-24,26H,17,19H2,1H3;1-15,17,22-23,25H,16,18H2,(H,32,33);1H4;;2*1H2/q;;;+1;;/p-1/t23-,24-;22-,23-;;;;/m00..../s1. The van der Waals surface area contributed by atoms with E-state index in [1.54, 1.807) is 17.3 Å². The number of aliphatic carboxylic acids is 1. The summed E-state index contributed by atoms with van der Waals surface area (Å²) < 4.78 is 17.2. The molecule has 2 aliphatic heterocycles. The Kier molecular flexibility index (Phi) is 20.0. The molecule has 2 amide bonds. The Labute approximate surface area is 436 Å². The zero-order valence-corrected chi connectivity index (χ0v) is 39.8. The quantitative estimate of drug-likeness (QED) is 0.101. The van der Waals surface area contributed by atoms with Gasteiger partial charge in [0.2, 0.25) is 11.8 Å². The van der Waals surface area contributed by atoms with Gasteiger partial charge in [-0.2, -0.15) is 0 Å². The Morgan fingerprint density at radius 2 is 0.836 bits per heavy atom. The van der Waals surface area contributed by atoms with Crippen LogP contribution in [0.25, 0.3) is 22.6 Å². The number of hydrogen-bond acceptors (Lipinski definition) is 10. The third kappa shape index (κ3) is 12.6. The van der Waals surface area contributed by atoms with Gasteiger partial charge in [-0.3, -0.25) is 9.59 Å². The van der Waals surface area contributed by atoms with Crippen molar-refractivity contribution in [2.45, 2.75) is 56.0 Å². The number of carboxylic acid groups (broad SMARTS) is 1. The summed E-state index contributed by atoms with van der Waals surface area (Å²) in [4.78, 5) is 64.9. The van der Waals surface area contributed by atoms with E-state index < -0.39 is 35.9 Å². The SMILES string of the molecule is C.COC(=O)[C@@H]1C[C@H](c2ncc(-c3ccccc3)o2)CN1C(=O)C(c1ccccc1)c1ccccc1.O.O=C(O)[C@@H]1C[C@H](c2ncc(-c3ccccc3)o2)CN1C(=O)C(c1ccccc1)c1ccccc1.[Li+].[OH-]. The van der Waals surface area contributed by atoms with Crippen LogP contribution in [0.3, 0.4) is 0 Å². The number of ether oxygens (including phenoxy) is 1. The number of aromatic nitrogens is 2. The number of likely N-dealkylation sites (tertiary alicyclic amines) is 2. The van der Waals surface area contributed by atoms with Crippen LogP contribution in [-0.4, -0.2) is 91.9 Å². The average Bonchev–Trinajstić information content (AvgIpc) is 4.25. The second kappa shape index (κ2) is 26.0. The third-order valence-corrected chi connectivity index (χ3v) is 12.8. The van der Waals surface area contributed by atoms with E-state index in [2.05, 4.69) is 9.97 Å². The van der Waals surface area contributed by atoms with Crippen molar-refractivity contribution in [3.05, 3.63) is 228 Å². The largest absolute Gasteiger partial charge is 1.00 e. The molecule has 0 aliphatic carbocycles. The Morgan fingerprint density at radius 1 is 0.534 bits per heavy atom. The van der Waals surface area contributed by atoms with E-state index in [9.17, 15) is 24.3 Å². The number of methoxy groups -OCH3 is 1. The molecule has 73 heavy (non-hydrogen) atoms. The summed E-state index contributed by atoms with van der Waals surface area (Å²) in [5, 5.41) is 9.96. The maximum atomic E-state index is 14.0. The van der Waals surface area contributed by atoms with E-state index in [0.717, 1.165) is 33.4 Å². The minimum Gasteiger partial charge on any atom is -0.870 e. The third-order valence-electron chi connectivity index (χ3n) is 12.8. The van der Waals surface area contributed by atoms with E-state index >= 15 is 0 Å². The minimum atomic E-state index is -1.02. The summed E-state index contributed by atoms with van der Waals surface area (Å²) in [6.07, 6.45) is 4.00. The van der Waals surface area contributed by atoms with Gasteiger partial charge in [0, 0.05) is 24.2 Å². The Hall–Kier alpha value is -7.86. The Bertz CT molecular complexity index is 2900. The summed E-state index contributed by atoms with van der Waals surface area (Å²) in [7, 11) is 1.35. The van der Waals surface area contributed by atoms with Crippen LogP contribution >= 0.6 is 0 Å². The van der Waals surface area contributed by atoms with Crippen molar-refractivity contribution in [1.29, 1.82) is 0 Å². The van der Waals surface area contributed by atoms with Crippen LogP contribution in [0.2, 0.25) is 0 Å². The first-order valence-electron chi connectivity index (χ1n) is 22.9. The van der Waals surface area contributed by atoms with E-state index in [4.69, 9.17) is 13.6 Å². The van der Waals surface area contributed by atoms with Gasteiger partial charge in [0.1, 0.15) is 12.1 Å². The molecule has 2 aromatic heterocycles. The van der Waals surface area contributed by atoms with Crippen molar-refractivity contribution >= 4 is 23.8 Å². The topological polar surface area (TPSA) is 218 Å². The average molecular weight is 977 g/mol. The van der Waals surface area contributed by atoms with Crippen LogP contribution in [-0.2, 0) is 23.9 Å². The van der Waals surface area contributed by atoms with Crippen LogP contribution in [0.5, 0.6) is 0 Å². The van der Waals surface area contributed by atoms with Crippen molar-refractivity contribution in [2.24, 2.45) is 0 Å². The Balaban J connectivity index is 0.000000257. The number of benzene rings is 6. The summed E-state index contributed by atoms with van der Waals surface area (Å²) >= 11 is 0. The fraction of sp³-hybridized carbons (Fsp3) is 0.207. The smallest absolute Gasteiger partial charge is 0.870 e. The van der Waals surface area contributed by atoms with Crippen molar-refractivity contribution in [3.63, 3.8) is 0 Å². The molecule has 0 radical (unpaired) electrons. The molecule has 10 rings (SSSR count). The van der Waals surface area contributed by atoms with Gasteiger partial charge in [0.25, 0.3) is 0 Å². The molecule has 2 saturated heterocycles. The Morgan fingerprint density at radius 3 is 1.15 bits per heavy atom. The summed E-state index contributed by atoms with van der Waals surface area (Å²) in [5.74, 6) is -1.22. The van der Waals surface area contributed by atoms with E-state index in [0.29, 0.717) is 36.3 Å². The normalized spacial score (nSPS) is 16.6. The van der Waals surface area contributed by atoms with Gasteiger partial charge in [-0.15, -0.1) is 0 Å². The predicted molar refractivity (Wildman–Crippen MR) is 271 cm³/mol. The molecule has 0 bridgehead atoms. The van der Waals surface area contributed by atoms with Crippen LogP contribution in [0.1, 0.15) is 78.0 Å². The molecule has 2 fully saturated rings. The second-order valence-electron chi connectivity index (χ2n) is 17.1.